The van der Waals surface area contributed by atoms with E-state index in [-0.39, 0.29) is 0 Å². The number of fused-ring (bicyclic) bond motifs is 1. The zero-order chi connectivity index (χ0) is 13.2. The number of likely N-dealkylation sites (tertiary alicyclic amines) is 1. The van der Waals surface area contributed by atoms with Crippen LogP contribution in [0.3, 0.4) is 0 Å². The normalized spacial score (nSPS) is 21.3. The van der Waals surface area contributed by atoms with Crippen LogP contribution in [-0.2, 0) is 6.54 Å². The van der Waals surface area contributed by atoms with Crippen molar-refractivity contribution in [1.29, 1.82) is 0 Å². The molecule has 19 heavy (non-hydrogen) atoms. The predicted octanol–water partition coefficient (Wildman–Crippen LogP) is 1.95. The van der Waals surface area contributed by atoms with Gasteiger partial charge in [-0.15, -0.1) is 5.10 Å². The van der Waals surface area contributed by atoms with E-state index in [9.17, 15) is 0 Å². The van der Waals surface area contributed by atoms with E-state index in [1.807, 2.05) is 16.9 Å². The molecule has 102 valence electrons. The second-order valence-electron chi connectivity index (χ2n) is 5.73. The van der Waals surface area contributed by atoms with E-state index >= 15 is 0 Å². The molecule has 3 heterocycles. The number of pyridine rings is 1. The third kappa shape index (κ3) is 2.61. The molecule has 0 saturated carbocycles. The molecule has 0 aliphatic carbocycles. The van der Waals surface area contributed by atoms with Gasteiger partial charge in [0.2, 0.25) is 0 Å². The van der Waals surface area contributed by atoms with E-state index in [1.54, 1.807) is 6.20 Å². The predicted molar refractivity (Wildman–Crippen MR) is 74.8 cm³/mol. The van der Waals surface area contributed by atoms with E-state index in [1.165, 1.54) is 25.9 Å². The maximum atomic E-state index is 4.27. The minimum Gasteiger partial charge on any atom is -0.301 e. The van der Waals surface area contributed by atoms with Crippen LogP contribution < -0.4 is 0 Å². The largest absolute Gasteiger partial charge is 0.301 e. The van der Waals surface area contributed by atoms with Gasteiger partial charge in [-0.05, 0) is 45.2 Å². The molecule has 2 aromatic heterocycles. The Kier molecular flexibility index (Phi) is 3.46. The number of nitrogens with zero attached hydrogens (tertiary/aromatic N) is 5. The van der Waals surface area contributed by atoms with Gasteiger partial charge in [0.25, 0.3) is 0 Å². The number of hydrogen-bond donors (Lipinski definition) is 0. The Morgan fingerprint density at radius 1 is 1.42 bits per heavy atom. The molecular formula is C14H21N5. The van der Waals surface area contributed by atoms with Crippen molar-refractivity contribution in [3.05, 3.63) is 18.5 Å². The van der Waals surface area contributed by atoms with Crippen molar-refractivity contribution in [3.8, 4) is 0 Å². The zero-order valence-electron chi connectivity index (χ0n) is 11.7. The number of rotatable bonds is 3. The van der Waals surface area contributed by atoms with Crippen molar-refractivity contribution in [2.45, 2.75) is 39.3 Å². The first-order valence-electron chi connectivity index (χ1n) is 7.11. The van der Waals surface area contributed by atoms with Crippen molar-refractivity contribution >= 4 is 11.0 Å². The summed E-state index contributed by atoms with van der Waals surface area (Å²) >= 11 is 0. The van der Waals surface area contributed by atoms with E-state index in [0.717, 1.165) is 17.6 Å². The minimum atomic E-state index is 0.638. The van der Waals surface area contributed by atoms with Crippen LogP contribution in [0.25, 0.3) is 11.0 Å². The Morgan fingerprint density at radius 2 is 2.32 bits per heavy atom. The maximum Gasteiger partial charge on any atom is 0.131 e. The smallest absolute Gasteiger partial charge is 0.131 e. The van der Waals surface area contributed by atoms with Crippen molar-refractivity contribution in [2.75, 3.05) is 13.1 Å². The van der Waals surface area contributed by atoms with E-state index in [4.69, 9.17) is 0 Å². The van der Waals surface area contributed by atoms with Gasteiger partial charge in [-0.25, -0.2) is 4.68 Å². The van der Waals surface area contributed by atoms with Gasteiger partial charge in [-0.1, -0.05) is 5.21 Å². The van der Waals surface area contributed by atoms with Crippen molar-refractivity contribution < 1.29 is 0 Å². The molecule has 0 amide bonds. The summed E-state index contributed by atoms with van der Waals surface area (Å²) in [6, 6.07) is 2.64. The average Bonchev–Trinajstić information content (AvgIpc) is 2.83. The van der Waals surface area contributed by atoms with Crippen LogP contribution in [0, 0.1) is 5.92 Å². The van der Waals surface area contributed by atoms with E-state index in [0.29, 0.717) is 12.0 Å². The molecule has 0 aromatic carbocycles. The first-order valence-corrected chi connectivity index (χ1v) is 7.11. The van der Waals surface area contributed by atoms with Gasteiger partial charge in [0.05, 0.1) is 11.7 Å². The summed E-state index contributed by atoms with van der Waals surface area (Å²) in [5.41, 5.74) is 1.98. The lowest BCUT2D eigenvalue weighted by Gasteiger charge is -2.35. The van der Waals surface area contributed by atoms with Gasteiger partial charge < -0.3 is 4.90 Å². The zero-order valence-corrected chi connectivity index (χ0v) is 11.7. The summed E-state index contributed by atoms with van der Waals surface area (Å²) in [6.45, 7) is 7.92. The Balaban J connectivity index is 1.74. The molecule has 2 aromatic rings. The first-order chi connectivity index (χ1) is 9.24. The summed E-state index contributed by atoms with van der Waals surface area (Å²) < 4.78 is 2.03. The fraction of sp³-hybridized carbons (Fsp3) is 0.643. The Labute approximate surface area is 113 Å². The van der Waals surface area contributed by atoms with Gasteiger partial charge in [0, 0.05) is 25.3 Å². The van der Waals surface area contributed by atoms with Crippen LogP contribution in [-0.4, -0.2) is 44.0 Å². The molecule has 3 rings (SSSR count). The summed E-state index contributed by atoms with van der Waals surface area (Å²) in [5.74, 6) is 0.675. The summed E-state index contributed by atoms with van der Waals surface area (Å²) in [5, 5.41) is 8.44. The Morgan fingerprint density at radius 3 is 3.16 bits per heavy atom. The second kappa shape index (κ2) is 5.25. The van der Waals surface area contributed by atoms with Crippen LogP contribution >= 0.6 is 0 Å². The number of hydrogen-bond acceptors (Lipinski definition) is 4. The highest BCUT2D eigenvalue weighted by Crippen LogP contribution is 2.21. The number of piperidine rings is 1. The van der Waals surface area contributed by atoms with Crippen LogP contribution in [0.2, 0.25) is 0 Å². The van der Waals surface area contributed by atoms with Crippen molar-refractivity contribution in [3.63, 3.8) is 0 Å². The molecule has 1 fully saturated rings. The minimum absolute atomic E-state index is 0.638. The quantitative estimate of drug-likeness (QED) is 0.845. The highest BCUT2D eigenvalue weighted by Gasteiger charge is 2.22. The summed E-state index contributed by atoms with van der Waals surface area (Å²) in [4.78, 5) is 6.65. The molecule has 0 N–H and O–H groups in total. The topological polar surface area (TPSA) is 46.8 Å². The molecule has 1 aliphatic heterocycles. The van der Waals surface area contributed by atoms with Gasteiger partial charge in [0.1, 0.15) is 5.52 Å². The average molecular weight is 259 g/mol. The molecule has 5 nitrogen and oxygen atoms in total. The van der Waals surface area contributed by atoms with Gasteiger partial charge >= 0.3 is 0 Å². The lowest BCUT2D eigenvalue weighted by Crippen LogP contribution is -2.41. The second-order valence-corrected chi connectivity index (χ2v) is 5.73. The fourth-order valence-electron chi connectivity index (χ4n) is 2.92. The SMILES string of the molecule is CC(C)N1CCCC(Cn2nnc3cnccc32)C1. The summed E-state index contributed by atoms with van der Waals surface area (Å²) in [6.07, 6.45) is 6.16. The highest BCUT2D eigenvalue weighted by molar-refractivity contribution is 5.72. The molecule has 1 saturated heterocycles. The van der Waals surface area contributed by atoms with E-state index < -0.39 is 0 Å². The van der Waals surface area contributed by atoms with Crippen LogP contribution in [0.1, 0.15) is 26.7 Å². The molecule has 0 spiro atoms. The lowest BCUT2D eigenvalue weighted by molar-refractivity contribution is 0.129. The fourth-order valence-corrected chi connectivity index (χ4v) is 2.92. The monoisotopic (exact) mass is 259 g/mol. The molecular weight excluding hydrogens is 238 g/mol. The molecule has 5 heteroatoms. The van der Waals surface area contributed by atoms with Crippen LogP contribution in [0.15, 0.2) is 18.5 Å². The highest BCUT2D eigenvalue weighted by atomic mass is 15.4. The maximum absolute atomic E-state index is 4.27. The Hall–Kier alpha value is -1.49. The first kappa shape index (κ1) is 12.5. The standard InChI is InChI=1S/C14H21N5/c1-11(2)18-7-3-4-12(9-18)10-19-14-5-6-15-8-13(14)16-17-19/h5-6,8,11-12H,3-4,7,9-10H2,1-2H3. The summed E-state index contributed by atoms with van der Waals surface area (Å²) in [7, 11) is 0. The van der Waals surface area contributed by atoms with Crippen molar-refractivity contribution in [2.24, 2.45) is 5.92 Å². The molecule has 1 atom stereocenters. The van der Waals surface area contributed by atoms with Crippen LogP contribution in [0.5, 0.6) is 0 Å². The number of aromatic nitrogens is 4. The van der Waals surface area contributed by atoms with Gasteiger partial charge in [-0.2, -0.15) is 0 Å². The third-order valence-corrected chi connectivity index (χ3v) is 4.03. The Bertz CT molecular complexity index is 548. The van der Waals surface area contributed by atoms with E-state index in [2.05, 4.69) is 34.0 Å². The van der Waals surface area contributed by atoms with Gasteiger partial charge in [-0.3, -0.25) is 4.98 Å². The molecule has 1 unspecified atom stereocenters. The third-order valence-electron chi connectivity index (χ3n) is 4.03. The lowest BCUT2D eigenvalue weighted by atomic mass is 9.97. The van der Waals surface area contributed by atoms with Gasteiger partial charge in [0.15, 0.2) is 0 Å². The van der Waals surface area contributed by atoms with Crippen LogP contribution in [0.4, 0.5) is 0 Å². The molecule has 0 bridgehead atoms. The molecule has 0 radical (unpaired) electrons. The molecule has 1 aliphatic rings. The van der Waals surface area contributed by atoms with Crippen molar-refractivity contribution in [1.82, 2.24) is 24.9 Å².